The van der Waals surface area contributed by atoms with Crippen LogP contribution >= 0.6 is 0 Å². The molecule has 2 aromatic carbocycles. The maximum absolute atomic E-state index is 14.3. The van der Waals surface area contributed by atoms with Gasteiger partial charge in [-0.25, -0.2) is 19.8 Å². The lowest BCUT2D eigenvalue weighted by Gasteiger charge is -2.38. The molecule has 0 saturated heterocycles. The summed E-state index contributed by atoms with van der Waals surface area (Å²) in [6.45, 7) is 9.78. The molecule has 3 amide bonds. The second kappa shape index (κ2) is 10.8. The zero-order valence-corrected chi connectivity index (χ0v) is 23.5. The molecule has 0 radical (unpaired) electrons. The monoisotopic (exact) mass is 541 g/mol. The molecule has 1 atom stereocenters. The average molecular weight is 542 g/mol. The van der Waals surface area contributed by atoms with Crippen LogP contribution in [0, 0.1) is 0 Å². The Labute approximate surface area is 227 Å². The van der Waals surface area contributed by atoms with Crippen LogP contribution in [0.2, 0.25) is 0 Å². The third-order valence-electron chi connectivity index (χ3n) is 5.63. The van der Waals surface area contributed by atoms with Crippen LogP contribution in [0.15, 0.2) is 48.5 Å². The van der Waals surface area contributed by atoms with Crippen molar-refractivity contribution in [2.75, 3.05) is 19.1 Å². The van der Waals surface area contributed by atoms with Crippen molar-refractivity contribution in [1.82, 2.24) is 10.4 Å². The van der Waals surface area contributed by atoms with Gasteiger partial charge in [0.05, 0.1) is 26.5 Å². The Morgan fingerprint density at radius 2 is 1.49 bits per heavy atom. The van der Waals surface area contributed by atoms with E-state index in [1.54, 1.807) is 91.1 Å². The number of hydrogen-bond acceptors (Lipinski definition) is 8. The number of para-hydroxylation sites is 1. The number of amides is 3. The van der Waals surface area contributed by atoms with E-state index in [1.807, 2.05) is 0 Å². The van der Waals surface area contributed by atoms with Crippen molar-refractivity contribution in [1.29, 1.82) is 0 Å². The highest BCUT2D eigenvalue weighted by molar-refractivity contribution is 6.21. The third kappa shape index (κ3) is 6.08. The topological polar surface area (TPSA) is 124 Å². The number of rotatable bonds is 5. The van der Waals surface area contributed by atoms with Crippen LogP contribution < -0.4 is 15.1 Å². The van der Waals surface area contributed by atoms with E-state index in [0.717, 1.165) is 12.7 Å². The van der Waals surface area contributed by atoms with Gasteiger partial charge in [-0.2, -0.15) is 5.01 Å². The summed E-state index contributed by atoms with van der Waals surface area (Å²) in [6, 6.07) is 13.5. The summed E-state index contributed by atoms with van der Waals surface area (Å²) in [5.74, 6) is -1.29. The number of benzene rings is 2. The first-order valence-electron chi connectivity index (χ1n) is 12.3. The Balaban J connectivity index is 2.20. The number of esters is 1. The van der Waals surface area contributed by atoms with Gasteiger partial charge in [0.2, 0.25) is 0 Å². The minimum absolute atomic E-state index is 0.0488. The summed E-state index contributed by atoms with van der Waals surface area (Å²) in [6.07, 6.45) is -2.23. The zero-order valence-electron chi connectivity index (χ0n) is 23.5. The molecule has 0 aromatic heterocycles. The molecule has 39 heavy (non-hydrogen) atoms. The summed E-state index contributed by atoms with van der Waals surface area (Å²) < 4.78 is 21.2. The van der Waals surface area contributed by atoms with Crippen LogP contribution in [-0.2, 0) is 35.9 Å². The molecule has 0 saturated carbocycles. The summed E-state index contributed by atoms with van der Waals surface area (Å²) in [5, 5.41) is 0.563. The van der Waals surface area contributed by atoms with Gasteiger partial charge in [-0.1, -0.05) is 30.3 Å². The quantitative estimate of drug-likeness (QED) is 0.257. The molecule has 11 nitrogen and oxygen atoms in total. The van der Waals surface area contributed by atoms with Crippen molar-refractivity contribution in [3.8, 4) is 5.75 Å². The molecule has 0 spiro atoms. The van der Waals surface area contributed by atoms with Crippen LogP contribution in [0.5, 0.6) is 5.75 Å². The highest BCUT2D eigenvalue weighted by Crippen LogP contribution is 2.45. The average Bonchev–Trinajstić information content (AvgIpc) is 3.08. The van der Waals surface area contributed by atoms with E-state index in [1.165, 1.54) is 11.0 Å². The van der Waals surface area contributed by atoms with Crippen molar-refractivity contribution in [3.63, 3.8) is 0 Å². The van der Waals surface area contributed by atoms with Crippen molar-refractivity contribution in [2.45, 2.75) is 64.8 Å². The lowest BCUT2D eigenvalue weighted by Crippen LogP contribution is -2.66. The summed E-state index contributed by atoms with van der Waals surface area (Å²) >= 11 is 0. The molecule has 1 heterocycles. The Morgan fingerprint density at radius 3 is 2.03 bits per heavy atom. The predicted molar refractivity (Wildman–Crippen MR) is 142 cm³/mol. The lowest BCUT2D eigenvalue weighted by atomic mass is 9.90. The van der Waals surface area contributed by atoms with Gasteiger partial charge in [-0.05, 0) is 65.3 Å². The smallest absolute Gasteiger partial charge is 0.431 e. The minimum Gasteiger partial charge on any atom is -0.497 e. The van der Waals surface area contributed by atoms with Gasteiger partial charge in [0.1, 0.15) is 17.0 Å². The van der Waals surface area contributed by atoms with E-state index in [9.17, 15) is 19.2 Å². The molecule has 0 bridgehead atoms. The number of ether oxygens (including phenoxy) is 4. The minimum atomic E-state index is -2.45. The molecule has 1 aliphatic heterocycles. The molecular formula is C28H35N3O8. The molecule has 210 valence electrons. The summed E-state index contributed by atoms with van der Waals surface area (Å²) in [7, 11) is 2.63. The Bertz CT molecular complexity index is 1250. The van der Waals surface area contributed by atoms with Crippen molar-refractivity contribution >= 4 is 29.8 Å². The van der Waals surface area contributed by atoms with E-state index in [2.05, 4.69) is 5.43 Å². The standard InChI is InChI=1S/C28H35N3O8/c1-26(2,3)38-24(34)29-31(25(35)39-27(4,5)6)28(23(33)37-8)20-11-9-10-12-21(20)30(22(28)32)17-18-13-15-19(36-7)16-14-18/h9-16H,17H2,1-8H3,(H,29,34). The largest absolute Gasteiger partial charge is 0.497 e. The van der Waals surface area contributed by atoms with Gasteiger partial charge in [-0.3, -0.25) is 4.79 Å². The van der Waals surface area contributed by atoms with Crippen LogP contribution in [0.3, 0.4) is 0 Å². The first-order valence-corrected chi connectivity index (χ1v) is 12.3. The first kappa shape index (κ1) is 29.3. The molecule has 0 fully saturated rings. The fraction of sp³-hybridized carbons (Fsp3) is 0.429. The lowest BCUT2D eigenvalue weighted by molar-refractivity contribution is -0.162. The maximum atomic E-state index is 14.3. The molecular weight excluding hydrogens is 506 g/mol. The zero-order chi connectivity index (χ0) is 29.2. The molecule has 3 rings (SSSR count). The van der Waals surface area contributed by atoms with E-state index in [-0.39, 0.29) is 12.1 Å². The molecule has 1 aliphatic rings. The number of methoxy groups -OCH3 is 2. The molecule has 11 heteroatoms. The second-order valence-corrected chi connectivity index (χ2v) is 10.9. The third-order valence-corrected chi connectivity index (χ3v) is 5.63. The summed E-state index contributed by atoms with van der Waals surface area (Å²) in [5.41, 5.74) is -0.931. The summed E-state index contributed by atoms with van der Waals surface area (Å²) in [4.78, 5) is 55.9. The van der Waals surface area contributed by atoms with Gasteiger partial charge in [-0.15, -0.1) is 0 Å². The fourth-order valence-corrected chi connectivity index (χ4v) is 4.12. The van der Waals surface area contributed by atoms with Gasteiger partial charge >= 0.3 is 18.2 Å². The van der Waals surface area contributed by atoms with Crippen LogP contribution in [0.1, 0.15) is 52.7 Å². The van der Waals surface area contributed by atoms with Crippen LogP contribution in [-0.4, -0.2) is 54.5 Å². The van der Waals surface area contributed by atoms with Gasteiger partial charge in [0, 0.05) is 5.56 Å². The van der Waals surface area contributed by atoms with Gasteiger partial charge in [0.15, 0.2) is 0 Å². The second-order valence-electron chi connectivity index (χ2n) is 10.9. The number of nitrogens with one attached hydrogen (secondary N) is 1. The maximum Gasteiger partial charge on any atom is 0.431 e. The first-order chi connectivity index (χ1) is 18.1. The predicted octanol–water partition coefficient (Wildman–Crippen LogP) is 4.29. The number of nitrogens with zero attached hydrogens (tertiary/aromatic N) is 2. The van der Waals surface area contributed by atoms with E-state index < -0.39 is 40.8 Å². The number of hydrogen-bond donors (Lipinski definition) is 1. The van der Waals surface area contributed by atoms with Crippen molar-refractivity contribution in [2.24, 2.45) is 0 Å². The van der Waals surface area contributed by atoms with E-state index in [0.29, 0.717) is 16.4 Å². The SMILES string of the molecule is COC(=O)C1(N(NC(=O)OC(C)(C)C)C(=O)OC(C)(C)C)C(=O)N(Cc2ccc(OC)cc2)c2ccccc21. The Kier molecular flexibility index (Phi) is 8.13. The van der Waals surface area contributed by atoms with Crippen LogP contribution in [0.25, 0.3) is 0 Å². The fourth-order valence-electron chi connectivity index (χ4n) is 4.12. The Hall–Kier alpha value is -4.28. The number of carbonyl (C=O) groups excluding carboxylic acids is 4. The highest BCUT2D eigenvalue weighted by atomic mass is 16.6. The van der Waals surface area contributed by atoms with Crippen LogP contribution in [0.4, 0.5) is 15.3 Å². The normalized spacial score (nSPS) is 16.7. The molecule has 2 aromatic rings. The van der Waals surface area contributed by atoms with E-state index >= 15 is 0 Å². The van der Waals surface area contributed by atoms with Crippen molar-refractivity contribution < 1.29 is 38.1 Å². The number of anilines is 1. The number of hydrazine groups is 1. The van der Waals surface area contributed by atoms with Gasteiger partial charge < -0.3 is 23.8 Å². The number of fused-ring (bicyclic) bond motifs is 1. The molecule has 1 unspecified atom stereocenters. The van der Waals surface area contributed by atoms with E-state index in [4.69, 9.17) is 18.9 Å². The van der Waals surface area contributed by atoms with Gasteiger partial charge in [0.25, 0.3) is 11.4 Å². The molecule has 0 aliphatic carbocycles. The van der Waals surface area contributed by atoms with Crippen molar-refractivity contribution in [3.05, 3.63) is 59.7 Å². The number of carbonyl (C=O) groups is 4. The highest BCUT2D eigenvalue weighted by Gasteiger charge is 2.64. The molecule has 1 N–H and O–H groups in total. The Morgan fingerprint density at radius 1 is 0.897 bits per heavy atom.